The van der Waals surface area contributed by atoms with E-state index >= 15 is 0 Å². The number of anilines is 1. The molecule has 1 rings (SSSR count). The number of amides is 1. The van der Waals surface area contributed by atoms with Gasteiger partial charge < -0.3 is 10.2 Å². The number of hydrogen-bond acceptors (Lipinski definition) is 4. The summed E-state index contributed by atoms with van der Waals surface area (Å²) in [5.41, 5.74) is 0.560. The normalized spacial score (nSPS) is 11.4. The average molecular weight is 306 g/mol. The van der Waals surface area contributed by atoms with Crippen LogP contribution in [0.4, 0.5) is 14.5 Å². The summed E-state index contributed by atoms with van der Waals surface area (Å²) in [7, 11) is -1.27. The standard InChI is InChI=1S/C12H16F2N2O3S/c1-16(2)11(17)7-8-15-9-3-5-10(6-4-9)20(18,19)12(13)14/h3-6,12,15H,7-8H2,1-2H3. The highest BCUT2D eigenvalue weighted by atomic mass is 32.2. The van der Waals surface area contributed by atoms with Crippen LogP contribution >= 0.6 is 0 Å². The molecule has 0 saturated carbocycles. The maximum Gasteiger partial charge on any atom is 0.341 e. The predicted octanol–water partition coefficient (Wildman–Crippen LogP) is 1.57. The van der Waals surface area contributed by atoms with E-state index in [9.17, 15) is 22.0 Å². The molecule has 20 heavy (non-hydrogen) atoms. The summed E-state index contributed by atoms with van der Waals surface area (Å²) in [5.74, 6) is -3.48. The zero-order chi connectivity index (χ0) is 15.3. The number of carbonyl (C=O) groups excluding carboxylic acids is 1. The van der Waals surface area contributed by atoms with Gasteiger partial charge in [-0.05, 0) is 24.3 Å². The molecule has 5 nitrogen and oxygen atoms in total. The van der Waals surface area contributed by atoms with Crippen LogP contribution in [0.3, 0.4) is 0 Å². The molecule has 0 saturated heterocycles. The van der Waals surface area contributed by atoms with Gasteiger partial charge in [0.25, 0.3) is 0 Å². The number of nitrogens with one attached hydrogen (secondary N) is 1. The third-order valence-electron chi connectivity index (χ3n) is 2.58. The van der Waals surface area contributed by atoms with Crippen LogP contribution in [0, 0.1) is 0 Å². The topological polar surface area (TPSA) is 66.5 Å². The molecular formula is C12H16F2N2O3S. The van der Waals surface area contributed by atoms with Gasteiger partial charge in [0, 0.05) is 32.7 Å². The second kappa shape index (κ2) is 6.65. The number of benzene rings is 1. The third kappa shape index (κ3) is 4.16. The Morgan fingerprint density at radius 1 is 1.25 bits per heavy atom. The van der Waals surface area contributed by atoms with E-state index in [-0.39, 0.29) is 12.3 Å². The Bertz CT molecular complexity index is 557. The molecule has 1 amide bonds. The minimum Gasteiger partial charge on any atom is -0.385 e. The first kappa shape index (κ1) is 16.4. The SMILES string of the molecule is CN(C)C(=O)CCNc1ccc(S(=O)(=O)C(F)F)cc1. The minimum atomic E-state index is -4.56. The van der Waals surface area contributed by atoms with E-state index in [0.717, 1.165) is 12.1 Å². The van der Waals surface area contributed by atoms with E-state index in [2.05, 4.69) is 5.32 Å². The quantitative estimate of drug-likeness (QED) is 0.866. The van der Waals surface area contributed by atoms with Gasteiger partial charge in [-0.3, -0.25) is 4.79 Å². The Kier molecular flexibility index (Phi) is 5.43. The zero-order valence-electron chi connectivity index (χ0n) is 11.1. The van der Waals surface area contributed by atoms with Crippen molar-refractivity contribution in [2.45, 2.75) is 17.1 Å². The zero-order valence-corrected chi connectivity index (χ0v) is 12.0. The first-order valence-corrected chi connectivity index (χ1v) is 7.36. The van der Waals surface area contributed by atoms with Gasteiger partial charge >= 0.3 is 5.76 Å². The Morgan fingerprint density at radius 2 is 1.80 bits per heavy atom. The number of alkyl halides is 2. The van der Waals surface area contributed by atoms with Crippen molar-refractivity contribution in [2.75, 3.05) is 26.0 Å². The number of rotatable bonds is 6. The fourth-order valence-corrected chi connectivity index (χ4v) is 2.12. The lowest BCUT2D eigenvalue weighted by molar-refractivity contribution is -0.128. The number of sulfone groups is 1. The van der Waals surface area contributed by atoms with Gasteiger partial charge in [-0.15, -0.1) is 0 Å². The second-order valence-electron chi connectivity index (χ2n) is 4.29. The molecule has 0 aliphatic carbocycles. The highest BCUT2D eigenvalue weighted by Gasteiger charge is 2.26. The lowest BCUT2D eigenvalue weighted by Gasteiger charge is -2.11. The van der Waals surface area contributed by atoms with Crippen LogP contribution < -0.4 is 5.32 Å². The third-order valence-corrected chi connectivity index (χ3v) is 3.98. The number of carbonyl (C=O) groups is 1. The average Bonchev–Trinajstić information content (AvgIpc) is 2.38. The van der Waals surface area contributed by atoms with Crippen LogP contribution in [0.2, 0.25) is 0 Å². The number of hydrogen-bond donors (Lipinski definition) is 1. The van der Waals surface area contributed by atoms with Gasteiger partial charge in [0.15, 0.2) is 0 Å². The highest BCUT2D eigenvalue weighted by Crippen LogP contribution is 2.20. The van der Waals surface area contributed by atoms with Crippen molar-refractivity contribution >= 4 is 21.4 Å². The fraction of sp³-hybridized carbons (Fsp3) is 0.417. The summed E-state index contributed by atoms with van der Waals surface area (Å²) >= 11 is 0. The monoisotopic (exact) mass is 306 g/mol. The molecule has 0 heterocycles. The van der Waals surface area contributed by atoms with Crippen molar-refractivity contribution in [3.63, 3.8) is 0 Å². The summed E-state index contributed by atoms with van der Waals surface area (Å²) in [6.45, 7) is 0.373. The highest BCUT2D eigenvalue weighted by molar-refractivity contribution is 7.91. The first-order valence-electron chi connectivity index (χ1n) is 5.81. The molecule has 0 spiro atoms. The summed E-state index contributed by atoms with van der Waals surface area (Å²) < 4.78 is 47.0. The lowest BCUT2D eigenvalue weighted by Crippen LogP contribution is -2.23. The Hall–Kier alpha value is -1.70. The molecule has 1 aromatic rings. The molecule has 0 atom stereocenters. The van der Waals surface area contributed by atoms with Crippen molar-refractivity contribution in [3.05, 3.63) is 24.3 Å². The summed E-state index contributed by atoms with van der Waals surface area (Å²) in [4.78, 5) is 12.3. The molecule has 0 radical (unpaired) electrons. The number of halogens is 2. The minimum absolute atomic E-state index is 0.0469. The molecule has 1 aromatic carbocycles. The van der Waals surface area contributed by atoms with Crippen LogP contribution in [0.1, 0.15) is 6.42 Å². The van der Waals surface area contributed by atoms with E-state index < -0.39 is 20.5 Å². The van der Waals surface area contributed by atoms with E-state index in [1.54, 1.807) is 14.1 Å². The van der Waals surface area contributed by atoms with Gasteiger partial charge in [0.05, 0.1) is 4.90 Å². The largest absolute Gasteiger partial charge is 0.385 e. The Labute approximate surface area is 116 Å². The van der Waals surface area contributed by atoms with Gasteiger partial charge in [-0.1, -0.05) is 0 Å². The molecule has 0 aliphatic rings. The first-order chi connectivity index (χ1) is 9.25. The molecular weight excluding hydrogens is 290 g/mol. The number of nitrogens with zero attached hydrogens (tertiary/aromatic N) is 1. The van der Waals surface area contributed by atoms with Gasteiger partial charge in [-0.2, -0.15) is 8.78 Å². The van der Waals surface area contributed by atoms with Crippen molar-refractivity contribution < 1.29 is 22.0 Å². The fourth-order valence-electron chi connectivity index (χ4n) is 1.40. The van der Waals surface area contributed by atoms with Crippen molar-refractivity contribution in [1.29, 1.82) is 0 Å². The molecule has 0 fully saturated rings. The summed E-state index contributed by atoms with van der Waals surface area (Å²) in [5, 5.41) is 2.91. The van der Waals surface area contributed by atoms with Crippen LogP contribution in [0.15, 0.2) is 29.2 Å². The van der Waals surface area contributed by atoms with Gasteiger partial charge in [0.2, 0.25) is 15.7 Å². The van der Waals surface area contributed by atoms with Crippen LogP contribution in [0.25, 0.3) is 0 Å². The van der Waals surface area contributed by atoms with Crippen LogP contribution in [-0.2, 0) is 14.6 Å². The van der Waals surface area contributed by atoms with Crippen molar-refractivity contribution in [2.24, 2.45) is 0 Å². The van der Waals surface area contributed by atoms with Crippen molar-refractivity contribution in [3.8, 4) is 0 Å². The van der Waals surface area contributed by atoms with Crippen LogP contribution in [-0.4, -0.2) is 45.6 Å². The maximum atomic E-state index is 12.3. The van der Waals surface area contributed by atoms with Crippen LogP contribution in [0.5, 0.6) is 0 Å². The van der Waals surface area contributed by atoms with Gasteiger partial charge in [-0.25, -0.2) is 8.42 Å². The van der Waals surface area contributed by atoms with E-state index in [1.807, 2.05) is 0 Å². The van der Waals surface area contributed by atoms with Gasteiger partial charge in [0.1, 0.15) is 0 Å². The summed E-state index contributed by atoms with van der Waals surface area (Å²) in [6.07, 6.45) is 0.282. The smallest absolute Gasteiger partial charge is 0.341 e. The summed E-state index contributed by atoms with van der Waals surface area (Å²) in [6, 6.07) is 4.99. The molecule has 112 valence electrons. The lowest BCUT2D eigenvalue weighted by atomic mass is 10.3. The molecule has 0 bridgehead atoms. The molecule has 0 unspecified atom stereocenters. The van der Waals surface area contributed by atoms with Crippen molar-refractivity contribution in [1.82, 2.24) is 4.90 Å². The Balaban J connectivity index is 2.62. The molecule has 8 heteroatoms. The van der Waals surface area contributed by atoms with E-state index in [1.165, 1.54) is 17.0 Å². The van der Waals surface area contributed by atoms with E-state index in [0.29, 0.717) is 12.2 Å². The van der Waals surface area contributed by atoms with E-state index in [4.69, 9.17) is 0 Å². The molecule has 0 aromatic heterocycles. The second-order valence-corrected chi connectivity index (χ2v) is 6.21. The Morgan fingerprint density at radius 3 is 2.25 bits per heavy atom. The molecule has 1 N–H and O–H groups in total. The predicted molar refractivity (Wildman–Crippen MR) is 71.4 cm³/mol. The molecule has 0 aliphatic heterocycles. The maximum absolute atomic E-state index is 12.3.